The van der Waals surface area contributed by atoms with Crippen molar-refractivity contribution < 1.29 is 9.21 Å². The van der Waals surface area contributed by atoms with E-state index in [0.29, 0.717) is 11.4 Å². The molecule has 0 aliphatic rings. The number of hydrogen-bond donors (Lipinski definition) is 1. The third-order valence-corrected chi connectivity index (χ3v) is 2.82. The van der Waals surface area contributed by atoms with Gasteiger partial charge in [0, 0.05) is 5.69 Å². The molecule has 1 N–H and O–H groups in total. The number of aryl methyl sites for hydroxylation is 1. The van der Waals surface area contributed by atoms with Gasteiger partial charge in [0.2, 0.25) is 5.76 Å². The van der Waals surface area contributed by atoms with Gasteiger partial charge in [-0.25, -0.2) is 4.98 Å². The largest absolute Gasteiger partial charge is 0.438 e. The van der Waals surface area contributed by atoms with E-state index in [4.69, 9.17) is 16.0 Å². The van der Waals surface area contributed by atoms with Crippen molar-refractivity contribution in [3.63, 3.8) is 0 Å². The molecule has 1 atom stereocenters. The summed E-state index contributed by atoms with van der Waals surface area (Å²) in [7, 11) is 0. The highest BCUT2D eigenvalue weighted by molar-refractivity contribution is 6.21. The number of nitrogens with one attached hydrogen (secondary N) is 1. The number of hydrogen-bond acceptors (Lipinski definition) is 3. The number of carbonyl (C=O) groups is 1. The van der Waals surface area contributed by atoms with Gasteiger partial charge in [-0.15, -0.1) is 11.6 Å². The summed E-state index contributed by atoms with van der Waals surface area (Å²) in [5.41, 5.74) is 2.11. The number of anilines is 1. The topological polar surface area (TPSA) is 55.1 Å². The van der Waals surface area contributed by atoms with Crippen molar-refractivity contribution in [1.29, 1.82) is 0 Å². The highest BCUT2D eigenvalue weighted by Crippen LogP contribution is 2.27. The summed E-state index contributed by atoms with van der Waals surface area (Å²) >= 11 is 6.06. The Bertz CT molecular complexity index is 564. The molecule has 1 amide bonds. The number of benzene rings is 1. The first kappa shape index (κ1) is 12.6. The van der Waals surface area contributed by atoms with Crippen LogP contribution in [-0.2, 0) is 0 Å². The molecule has 4 nitrogen and oxygen atoms in total. The Morgan fingerprint density at radius 3 is 2.78 bits per heavy atom. The maximum atomic E-state index is 12.0. The third kappa shape index (κ3) is 2.54. The molecule has 0 aliphatic heterocycles. The molecule has 0 aliphatic carbocycles. The number of carbonyl (C=O) groups excluding carboxylic acids is 1. The predicted molar refractivity (Wildman–Crippen MR) is 69.9 cm³/mol. The van der Waals surface area contributed by atoms with Gasteiger partial charge in [0.1, 0.15) is 0 Å². The molecule has 2 rings (SSSR count). The van der Waals surface area contributed by atoms with E-state index in [1.54, 1.807) is 13.0 Å². The molecule has 2 aromatic rings. The van der Waals surface area contributed by atoms with Crippen LogP contribution in [0.5, 0.6) is 0 Å². The summed E-state index contributed by atoms with van der Waals surface area (Å²) in [6.45, 7) is 3.57. The number of para-hydroxylation sites is 1. The van der Waals surface area contributed by atoms with E-state index in [0.717, 1.165) is 5.56 Å². The van der Waals surface area contributed by atoms with Crippen molar-refractivity contribution in [2.24, 2.45) is 0 Å². The molecule has 94 valence electrons. The predicted octanol–water partition coefficient (Wildman–Crippen LogP) is 3.54. The Morgan fingerprint density at radius 2 is 2.17 bits per heavy atom. The Hall–Kier alpha value is -1.81. The van der Waals surface area contributed by atoms with Gasteiger partial charge in [0.25, 0.3) is 5.91 Å². The van der Waals surface area contributed by atoms with Gasteiger partial charge in [-0.05, 0) is 25.5 Å². The minimum atomic E-state index is -0.324. The van der Waals surface area contributed by atoms with E-state index in [-0.39, 0.29) is 17.0 Å². The molecule has 1 aromatic carbocycles. The van der Waals surface area contributed by atoms with Crippen LogP contribution < -0.4 is 5.32 Å². The maximum absolute atomic E-state index is 12.0. The van der Waals surface area contributed by atoms with Gasteiger partial charge in [0.05, 0.1) is 11.1 Å². The second kappa shape index (κ2) is 5.23. The summed E-state index contributed by atoms with van der Waals surface area (Å²) in [6, 6.07) is 7.40. The number of oxazole rings is 1. The molecule has 1 heterocycles. The van der Waals surface area contributed by atoms with Crippen molar-refractivity contribution in [3.05, 3.63) is 47.7 Å². The molecule has 1 aromatic heterocycles. The fourth-order valence-electron chi connectivity index (χ4n) is 1.66. The first-order valence-corrected chi connectivity index (χ1v) is 5.97. The summed E-state index contributed by atoms with van der Waals surface area (Å²) in [5, 5.41) is 2.59. The fraction of sp³-hybridized carbons (Fsp3) is 0.231. The minimum Gasteiger partial charge on any atom is -0.438 e. The quantitative estimate of drug-likeness (QED) is 0.863. The Balaban J connectivity index is 2.25. The van der Waals surface area contributed by atoms with E-state index in [1.165, 1.54) is 6.39 Å². The van der Waals surface area contributed by atoms with Crippen molar-refractivity contribution >= 4 is 23.2 Å². The fourth-order valence-corrected chi connectivity index (χ4v) is 1.85. The van der Waals surface area contributed by atoms with Gasteiger partial charge >= 0.3 is 0 Å². The van der Waals surface area contributed by atoms with E-state index in [9.17, 15) is 4.79 Å². The molecule has 0 saturated heterocycles. The zero-order valence-corrected chi connectivity index (χ0v) is 10.9. The van der Waals surface area contributed by atoms with E-state index < -0.39 is 0 Å². The molecule has 0 fully saturated rings. The SMILES string of the molecule is Cc1ncoc1C(=O)Nc1ccccc1C(C)Cl. The monoisotopic (exact) mass is 264 g/mol. The van der Waals surface area contributed by atoms with Gasteiger partial charge in [-0.2, -0.15) is 0 Å². The molecule has 0 radical (unpaired) electrons. The molecular formula is C13H13ClN2O2. The van der Waals surface area contributed by atoms with Gasteiger partial charge < -0.3 is 9.73 Å². The van der Waals surface area contributed by atoms with Gasteiger partial charge in [0.15, 0.2) is 6.39 Å². The van der Waals surface area contributed by atoms with E-state index in [1.807, 2.05) is 25.1 Å². The standard InChI is InChI=1S/C13H13ClN2O2/c1-8(14)10-5-3-4-6-11(10)16-13(17)12-9(2)15-7-18-12/h3-8H,1-2H3,(H,16,17). The number of alkyl halides is 1. The zero-order valence-electron chi connectivity index (χ0n) is 10.1. The number of nitrogens with zero attached hydrogens (tertiary/aromatic N) is 1. The Labute approximate surface area is 110 Å². The third-order valence-electron chi connectivity index (χ3n) is 2.59. The minimum absolute atomic E-state index is 0.183. The summed E-state index contributed by atoms with van der Waals surface area (Å²) in [6.07, 6.45) is 1.25. The van der Waals surface area contributed by atoms with E-state index in [2.05, 4.69) is 10.3 Å². The molecule has 18 heavy (non-hydrogen) atoms. The Kier molecular flexibility index (Phi) is 3.67. The van der Waals surface area contributed by atoms with Crippen LogP contribution in [0.15, 0.2) is 35.1 Å². The van der Waals surface area contributed by atoms with Crippen LogP contribution in [0.1, 0.15) is 34.1 Å². The lowest BCUT2D eigenvalue weighted by Gasteiger charge is -2.11. The Morgan fingerprint density at radius 1 is 1.44 bits per heavy atom. The maximum Gasteiger partial charge on any atom is 0.293 e. The van der Waals surface area contributed by atoms with Crippen molar-refractivity contribution in [2.75, 3.05) is 5.32 Å². The number of amides is 1. The van der Waals surface area contributed by atoms with Gasteiger partial charge in [-0.1, -0.05) is 18.2 Å². The van der Waals surface area contributed by atoms with Crippen LogP contribution in [0.2, 0.25) is 0 Å². The molecule has 0 saturated carbocycles. The lowest BCUT2D eigenvalue weighted by atomic mass is 10.1. The summed E-state index contributed by atoms with van der Waals surface area (Å²) < 4.78 is 5.04. The normalized spacial score (nSPS) is 12.2. The second-order valence-electron chi connectivity index (χ2n) is 3.92. The zero-order chi connectivity index (χ0) is 13.1. The van der Waals surface area contributed by atoms with Crippen molar-refractivity contribution in [2.45, 2.75) is 19.2 Å². The van der Waals surface area contributed by atoms with Gasteiger partial charge in [-0.3, -0.25) is 4.79 Å². The second-order valence-corrected chi connectivity index (χ2v) is 4.58. The van der Waals surface area contributed by atoms with Crippen LogP contribution in [-0.4, -0.2) is 10.9 Å². The molecule has 0 spiro atoms. The average molecular weight is 265 g/mol. The van der Waals surface area contributed by atoms with E-state index >= 15 is 0 Å². The number of rotatable bonds is 3. The van der Waals surface area contributed by atoms with Crippen LogP contribution in [0.4, 0.5) is 5.69 Å². The molecule has 0 bridgehead atoms. The molecule has 1 unspecified atom stereocenters. The summed E-state index contributed by atoms with van der Waals surface area (Å²) in [4.78, 5) is 15.9. The van der Waals surface area contributed by atoms with Crippen molar-refractivity contribution in [1.82, 2.24) is 4.98 Å². The van der Waals surface area contributed by atoms with Crippen LogP contribution in [0.25, 0.3) is 0 Å². The average Bonchev–Trinajstić information content (AvgIpc) is 2.76. The number of aromatic nitrogens is 1. The number of halogens is 1. The first-order valence-electron chi connectivity index (χ1n) is 5.54. The highest BCUT2D eigenvalue weighted by Gasteiger charge is 2.16. The van der Waals surface area contributed by atoms with Crippen molar-refractivity contribution in [3.8, 4) is 0 Å². The smallest absolute Gasteiger partial charge is 0.293 e. The van der Waals surface area contributed by atoms with Crippen LogP contribution in [0.3, 0.4) is 0 Å². The highest BCUT2D eigenvalue weighted by atomic mass is 35.5. The first-order chi connectivity index (χ1) is 8.59. The van der Waals surface area contributed by atoms with Crippen LogP contribution in [0, 0.1) is 6.92 Å². The van der Waals surface area contributed by atoms with Crippen LogP contribution >= 0.6 is 11.6 Å². The molecule has 5 heteroatoms. The summed E-state index contributed by atoms with van der Waals surface area (Å²) in [5.74, 6) is -0.109. The molecular weight excluding hydrogens is 252 g/mol. The lowest BCUT2D eigenvalue weighted by molar-refractivity contribution is 0.0996. The lowest BCUT2D eigenvalue weighted by Crippen LogP contribution is -2.13.